The summed E-state index contributed by atoms with van der Waals surface area (Å²) in [6.07, 6.45) is 3.02. The molecule has 0 amide bonds. The molecule has 4 atom stereocenters. The molecule has 2 heterocycles. The maximum atomic E-state index is 6.29. The molecule has 19 heavy (non-hydrogen) atoms. The Morgan fingerprint density at radius 3 is 2.63 bits per heavy atom. The molecule has 0 saturated carbocycles. The van der Waals surface area contributed by atoms with Crippen molar-refractivity contribution in [1.29, 1.82) is 0 Å². The monoisotopic (exact) mass is 272 g/mol. The van der Waals surface area contributed by atoms with Crippen LogP contribution in [-0.4, -0.2) is 15.2 Å². The maximum absolute atomic E-state index is 6.29. The van der Waals surface area contributed by atoms with E-state index in [2.05, 4.69) is 43.9 Å². The van der Waals surface area contributed by atoms with Gasteiger partial charge in [-0.15, -0.1) is 0 Å². The molecule has 3 heteroatoms. The molecule has 1 aromatic carbocycles. The molecule has 2 bridgehead atoms. The van der Waals surface area contributed by atoms with E-state index < -0.39 is 8.07 Å². The molecule has 1 saturated heterocycles. The minimum absolute atomic E-state index is 0.237. The fourth-order valence-electron chi connectivity index (χ4n) is 4.05. The third kappa shape index (κ3) is 1.35. The van der Waals surface area contributed by atoms with Crippen LogP contribution in [0.4, 0.5) is 0 Å². The first-order valence-corrected chi connectivity index (χ1v) is 10.6. The van der Waals surface area contributed by atoms with E-state index >= 15 is 0 Å². The van der Waals surface area contributed by atoms with Crippen molar-refractivity contribution < 1.29 is 9.47 Å². The third-order valence-electron chi connectivity index (χ3n) is 4.89. The molecular formula is C16H20O2Si. The van der Waals surface area contributed by atoms with Gasteiger partial charge < -0.3 is 9.47 Å². The molecule has 3 aliphatic rings. The predicted octanol–water partition coefficient (Wildman–Crippen LogP) is 3.87. The van der Waals surface area contributed by atoms with Crippen LogP contribution in [0.25, 0.3) is 0 Å². The number of hydrogen-bond donors (Lipinski definition) is 0. The Morgan fingerprint density at radius 2 is 1.95 bits per heavy atom. The van der Waals surface area contributed by atoms with Crippen LogP contribution in [0.2, 0.25) is 19.6 Å². The van der Waals surface area contributed by atoms with Gasteiger partial charge in [-0.3, -0.25) is 0 Å². The number of benzene rings is 1. The van der Waals surface area contributed by atoms with Crippen molar-refractivity contribution in [2.24, 2.45) is 11.8 Å². The smallest absolute Gasteiger partial charge is 0.125 e. The van der Waals surface area contributed by atoms with Gasteiger partial charge in [-0.05, 0) is 11.6 Å². The van der Waals surface area contributed by atoms with Crippen molar-refractivity contribution in [3.05, 3.63) is 40.6 Å². The van der Waals surface area contributed by atoms with E-state index in [1.165, 1.54) is 11.1 Å². The third-order valence-corrected chi connectivity index (χ3v) is 7.12. The fourth-order valence-corrected chi connectivity index (χ4v) is 6.09. The summed E-state index contributed by atoms with van der Waals surface area (Å²) in [6, 6.07) is 6.37. The van der Waals surface area contributed by atoms with Gasteiger partial charge in [0.05, 0.1) is 27.4 Å². The Labute approximate surface area is 115 Å². The summed E-state index contributed by atoms with van der Waals surface area (Å²) in [4.78, 5) is 0. The molecule has 1 aliphatic carbocycles. The van der Waals surface area contributed by atoms with E-state index in [4.69, 9.17) is 9.47 Å². The highest BCUT2D eigenvalue weighted by atomic mass is 28.3. The molecule has 1 aromatic rings. The van der Waals surface area contributed by atoms with Crippen LogP contribution in [0.15, 0.2) is 29.5 Å². The Kier molecular flexibility index (Phi) is 2.18. The van der Waals surface area contributed by atoms with Crippen LogP contribution in [0.1, 0.15) is 23.3 Å². The predicted molar refractivity (Wildman–Crippen MR) is 78.0 cm³/mol. The lowest BCUT2D eigenvalue weighted by Gasteiger charge is -2.43. The summed E-state index contributed by atoms with van der Waals surface area (Å²) < 4.78 is 11.8. The minimum atomic E-state index is -1.19. The number of rotatable bonds is 2. The van der Waals surface area contributed by atoms with Crippen LogP contribution in [0.3, 0.4) is 0 Å². The van der Waals surface area contributed by atoms with E-state index in [0.717, 1.165) is 5.75 Å². The summed E-state index contributed by atoms with van der Waals surface area (Å²) in [5.74, 6) is 2.24. The lowest BCUT2D eigenvalue weighted by Crippen LogP contribution is -2.41. The second-order valence-corrected chi connectivity index (χ2v) is 12.0. The van der Waals surface area contributed by atoms with Crippen molar-refractivity contribution in [2.45, 2.75) is 31.8 Å². The molecule has 2 aliphatic heterocycles. The van der Waals surface area contributed by atoms with Gasteiger partial charge in [0, 0.05) is 17.4 Å². The quantitative estimate of drug-likeness (QED) is 0.761. The van der Waals surface area contributed by atoms with Crippen molar-refractivity contribution in [2.75, 3.05) is 7.11 Å². The average molecular weight is 272 g/mol. The van der Waals surface area contributed by atoms with Crippen molar-refractivity contribution in [3.8, 4) is 5.75 Å². The minimum Gasteiger partial charge on any atom is -0.496 e. The highest BCUT2D eigenvalue weighted by Gasteiger charge is 2.59. The number of ether oxygens (including phenoxy) is 2. The zero-order valence-electron chi connectivity index (χ0n) is 11.9. The molecule has 0 N–H and O–H groups in total. The van der Waals surface area contributed by atoms with Crippen LogP contribution in [0.5, 0.6) is 5.75 Å². The zero-order chi connectivity index (χ0) is 13.4. The summed E-state index contributed by atoms with van der Waals surface area (Å²) in [5, 5.41) is 1.71. The summed E-state index contributed by atoms with van der Waals surface area (Å²) in [5.41, 5.74) is 2.68. The first kappa shape index (κ1) is 11.7. The number of methoxy groups -OCH3 is 1. The van der Waals surface area contributed by atoms with E-state index in [1.807, 2.05) is 0 Å². The number of hydrogen-bond acceptors (Lipinski definition) is 2. The largest absolute Gasteiger partial charge is 0.496 e. The van der Waals surface area contributed by atoms with Gasteiger partial charge in [-0.2, -0.15) is 0 Å². The Bertz CT molecular complexity index is 585. The van der Waals surface area contributed by atoms with E-state index in [9.17, 15) is 0 Å². The number of fused-ring (bicyclic) bond motifs is 8. The Morgan fingerprint density at radius 1 is 1.16 bits per heavy atom. The highest BCUT2D eigenvalue weighted by Crippen LogP contribution is 2.66. The maximum Gasteiger partial charge on any atom is 0.125 e. The Balaban J connectivity index is 1.79. The summed E-state index contributed by atoms with van der Waals surface area (Å²) in [7, 11) is 0.563. The molecule has 100 valence electrons. The van der Waals surface area contributed by atoms with Crippen LogP contribution >= 0.6 is 0 Å². The normalized spacial score (nSPS) is 34.4. The molecule has 4 rings (SSSR count). The first-order chi connectivity index (χ1) is 9.02. The van der Waals surface area contributed by atoms with Crippen molar-refractivity contribution in [3.63, 3.8) is 0 Å². The van der Waals surface area contributed by atoms with Crippen LogP contribution < -0.4 is 4.74 Å². The average Bonchev–Trinajstić information content (AvgIpc) is 2.78. The van der Waals surface area contributed by atoms with Crippen LogP contribution in [-0.2, 0) is 4.74 Å². The summed E-state index contributed by atoms with van der Waals surface area (Å²) >= 11 is 0. The second kappa shape index (κ2) is 3.52. The SMILES string of the molecule is COc1cccc2c1[C@H]1O[C@@H]2[C@@H]2C([Si](C)(C)C)=C[C@@H]21. The second-order valence-electron chi connectivity index (χ2n) is 6.92. The van der Waals surface area contributed by atoms with Crippen LogP contribution in [0, 0.1) is 11.8 Å². The van der Waals surface area contributed by atoms with Gasteiger partial charge in [-0.1, -0.05) is 43.0 Å². The molecular weight excluding hydrogens is 252 g/mol. The molecule has 0 radical (unpaired) electrons. The first-order valence-electron chi connectivity index (χ1n) is 7.07. The van der Waals surface area contributed by atoms with Crippen molar-refractivity contribution in [1.82, 2.24) is 0 Å². The van der Waals surface area contributed by atoms with Gasteiger partial charge in [0.15, 0.2) is 0 Å². The lowest BCUT2D eigenvalue weighted by atomic mass is 9.69. The fraction of sp³-hybridized carbons (Fsp3) is 0.500. The van der Waals surface area contributed by atoms with Crippen molar-refractivity contribution >= 4 is 8.07 Å². The van der Waals surface area contributed by atoms with Gasteiger partial charge in [-0.25, -0.2) is 0 Å². The Hall–Kier alpha value is -1.06. The van der Waals surface area contributed by atoms with E-state index in [-0.39, 0.29) is 12.2 Å². The van der Waals surface area contributed by atoms with E-state index in [1.54, 1.807) is 12.3 Å². The van der Waals surface area contributed by atoms with Gasteiger partial charge in [0.1, 0.15) is 5.75 Å². The van der Waals surface area contributed by atoms with E-state index in [0.29, 0.717) is 11.8 Å². The van der Waals surface area contributed by atoms with Gasteiger partial charge >= 0.3 is 0 Å². The standard InChI is InChI=1S/C16H20O2Si/c1-17-11-7-5-6-9-13(11)16-10-8-12(19(2,3)4)14(10)15(9)18-16/h5-8,10,14-16H,1-4H3/t10-,14-,15-,16-/m0/s1. The molecule has 0 unspecified atom stereocenters. The molecule has 0 aromatic heterocycles. The zero-order valence-corrected chi connectivity index (χ0v) is 12.9. The van der Waals surface area contributed by atoms with Gasteiger partial charge in [0.25, 0.3) is 0 Å². The topological polar surface area (TPSA) is 18.5 Å². The molecule has 0 spiro atoms. The highest BCUT2D eigenvalue weighted by molar-refractivity contribution is 6.83. The lowest BCUT2D eigenvalue weighted by molar-refractivity contribution is 0.0613. The molecule has 1 fully saturated rings. The molecule has 2 nitrogen and oxygen atoms in total. The summed E-state index contributed by atoms with van der Waals surface area (Å²) in [6.45, 7) is 7.31. The van der Waals surface area contributed by atoms with Gasteiger partial charge in [0.2, 0.25) is 0 Å².